The van der Waals surface area contributed by atoms with Crippen molar-refractivity contribution in [1.82, 2.24) is 20.4 Å². The van der Waals surface area contributed by atoms with E-state index in [9.17, 15) is 19.7 Å². The molecule has 0 fully saturated rings. The Kier molecular flexibility index (Phi) is 6.26. The molecule has 1 atom stereocenters. The normalized spacial score (nSPS) is 14.2. The number of amides is 2. The third-order valence-electron chi connectivity index (χ3n) is 5.34. The lowest BCUT2D eigenvalue weighted by molar-refractivity contribution is -0.385. The molecule has 1 aliphatic rings. The Hall–Kier alpha value is -3.23. The highest BCUT2D eigenvalue weighted by molar-refractivity contribution is 5.94. The zero-order valence-electron chi connectivity index (χ0n) is 16.6. The van der Waals surface area contributed by atoms with Crippen LogP contribution in [-0.4, -0.2) is 44.9 Å². The highest BCUT2D eigenvalue weighted by atomic mass is 16.6. The quantitative estimate of drug-likeness (QED) is 0.546. The first-order chi connectivity index (χ1) is 13.9. The number of nitro groups is 1. The van der Waals surface area contributed by atoms with Gasteiger partial charge in [-0.25, -0.2) is 0 Å². The zero-order valence-corrected chi connectivity index (χ0v) is 16.6. The average molecular weight is 399 g/mol. The Labute approximate surface area is 168 Å². The highest BCUT2D eigenvalue weighted by Gasteiger charge is 2.28. The standard InChI is InChI=1S/C20H25N5O4/c1-3-13(2)11-21-20(27)19-15-12-24(9-8-16(15)22-23-19)18(26)10-14-6-4-5-7-17(14)25(28)29/h4-7,13H,3,8-12H2,1-2H3,(H,21,27)(H,22,23). The molecule has 29 heavy (non-hydrogen) atoms. The Morgan fingerprint density at radius 2 is 2.14 bits per heavy atom. The lowest BCUT2D eigenvalue weighted by Gasteiger charge is -2.27. The number of para-hydroxylation sites is 1. The average Bonchev–Trinajstić information content (AvgIpc) is 3.15. The molecular weight excluding hydrogens is 374 g/mol. The van der Waals surface area contributed by atoms with Crippen molar-refractivity contribution in [2.45, 2.75) is 39.7 Å². The number of benzene rings is 1. The summed E-state index contributed by atoms with van der Waals surface area (Å²) in [5, 5.41) is 21.1. The largest absolute Gasteiger partial charge is 0.350 e. The van der Waals surface area contributed by atoms with Crippen LogP contribution in [0.3, 0.4) is 0 Å². The zero-order chi connectivity index (χ0) is 21.0. The minimum absolute atomic E-state index is 0.0557. The van der Waals surface area contributed by atoms with Gasteiger partial charge in [0.2, 0.25) is 5.91 Å². The number of hydrogen-bond donors (Lipinski definition) is 2. The number of nitrogens with one attached hydrogen (secondary N) is 2. The summed E-state index contributed by atoms with van der Waals surface area (Å²) < 4.78 is 0. The molecule has 1 aromatic heterocycles. The molecule has 0 saturated carbocycles. The smallest absolute Gasteiger partial charge is 0.273 e. The molecular formula is C20H25N5O4. The number of fused-ring (bicyclic) bond motifs is 1. The lowest BCUT2D eigenvalue weighted by Crippen LogP contribution is -2.38. The molecule has 1 aliphatic heterocycles. The van der Waals surface area contributed by atoms with Crippen molar-refractivity contribution >= 4 is 17.5 Å². The van der Waals surface area contributed by atoms with E-state index in [1.54, 1.807) is 23.1 Å². The molecule has 0 aliphatic carbocycles. The van der Waals surface area contributed by atoms with Crippen LogP contribution in [0.2, 0.25) is 0 Å². The van der Waals surface area contributed by atoms with E-state index in [1.165, 1.54) is 6.07 Å². The number of carbonyl (C=O) groups excluding carboxylic acids is 2. The molecule has 2 aromatic rings. The first-order valence-corrected chi connectivity index (χ1v) is 9.75. The van der Waals surface area contributed by atoms with E-state index in [-0.39, 0.29) is 30.5 Å². The Morgan fingerprint density at radius 1 is 1.38 bits per heavy atom. The van der Waals surface area contributed by atoms with Crippen LogP contribution in [-0.2, 0) is 24.2 Å². The van der Waals surface area contributed by atoms with Crippen molar-refractivity contribution < 1.29 is 14.5 Å². The minimum Gasteiger partial charge on any atom is -0.350 e. The minimum atomic E-state index is -0.479. The van der Waals surface area contributed by atoms with E-state index >= 15 is 0 Å². The number of H-pyrrole nitrogens is 1. The lowest BCUT2D eigenvalue weighted by atomic mass is 10.0. The van der Waals surface area contributed by atoms with E-state index in [1.807, 2.05) is 0 Å². The van der Waals surface area contributed by atoms with Gasteiger partial charge in [0.1, 0.15) is 0 Å². The molecule has 2 amide bonds. The van der Waals surface area contributed by atoms with Crippen LogP contribution in [0.4, 0.5) is 5.69 Å². The monoisotopic (exact) mass is 399 g/mol. The van der Waals surface area contributed by atoms with Crippen molar-refractivity contribution in [2.24, 2.45) is 5.92 Å². The molecule has 9 nitrogen and oxygen atoms in total. The van der Waals surface area contributed by atoms with Crippen LogP contribution < -0.4 is 5.32 Å². The molecule has 0 saturated heterocycles. The highest BCUT2D eigenvalue weighted by Crippen LogP contribution is 2.23. The number of aromatic nitrogens is 2. The van der Waals surface area contributed by atoms with E-state index in [0.717, 1.165) is 12.1 Å². The predicted octanol–water partition coefficient (Wildman–Crippen LogP) is 2.22. The molecule has 0 radical (unpaired) electrons. The van der Waals surface area contributed by atoms with Crippen LogP contribution in [0.25, 0.3) is 0 Å². The van der Waals surface area contributed by atoms with Gasteiger partial charge in [0.15, 0.2) is 5.69 Å². The second-order valence-corrected chi connectivity index (χ2v) is 7.38. The maximum atomic E-state index is 12.8. The molecule has 154 valence electrons. The first kappa shape index (κ1) is 20.5. The summed E-state index contributed by atoms with van der Waals surface area (Å²) in [5.74, 6) is -0.0960. The van der Waals surface area contributed by atoms with Crippen molar-refractivity contribution in [3.63, 3.8) is 0 Å². The van der Waals surface area contributed by atoms with Crippen LogP contribution in [0.5, 0.6) is 0 Å². The Bertz CT molecular complexity index is 923. The van der Waals surface area contributed by atoms with Gasteiger partial charge in [0.05, 0.1) is 11.3 Å². The summed E-state index contributed by atoms with van der Waals surface area (Å²) in [4.78, 5) is 37.6. The van der Waals surface area contributed by atoms with Gasteiger partial charge in [-0.2, -0.15) is 5.10 Å². The van der Waals surface area contributed by atoms with Crippen molar-refractivity contribution in [3.05, 3.63) is 56.9 Å². The van der Waals surface area contributed by atoms with Gasteiger partial charge in [-0.15, -0.1) is 0 Å². The second-order valence-electron chi connectivity index (χ2n) is 7.38. The summed E-state index contributed by atoms with van der Waals surface area (Å²) in [6.45, 7) is 5.43. The van der Waals surface area contributed by atoms with Gasteiger partial charge in [-0.05, 0) is 5.92 Å². The van der Waals surface area contributed by atoms with Crippen LogP contribution >= 0.6 is 0 Å². The summed E-state index contributed by atoms with van der Waals surface area (Å²) in [7, 11) is 0. The predicted molar refractivity (Wildman–Crippen MR) is 106 cm³/mol. The molecule has 3 rings (SSSR count). The molecule has 1 aromatic carbocycles. The number of hydrogen-bond acceptors (Lipinski definition) is 5. The summed E-state index contributed by atoms with van der Waals surface area (Å²) >= 11 is 0. The number of rotatable bonds is 7. The number of aromatic amines is 1. The molecule has 2 N–H and O–H groups in total. The third kappa shape index (κ3) is 4.61. The van der Waals surface area contributed by atoms with Crippen molar-refractivity contribution in [2.75, 3.05) is 13.1 Å². The molecule has 0 bridgehead atoms. The summed E-state index contributed by atoms with van der Waals surface area (Å²) in [5.41, 5.74) is 2.20. The summed E-state index contributed by atoms with van der Waals surface area (Å²) in [6.07, 6.45) is 1.47. The molecule has 0 spiro atoms. The van der Waals surface area contributed by atoms with E-state index in [0.29, 0.717) is 42.2 Å². The van der Waals surface area contributed by atoms with Crippen molar-refractivity contribution in [3.8, 4) is 0 Å². The third-order valence-corrected chi connectivity index (χ3v) is 5.34. The van der Waals surface area contributed by atoms with Crippen LogP contribution in [0, 0.1) is 16.0 Å². The van der Waals surface area contributed by atoms with E-state index in [4.69, 9.17) is 0 Å². The number of nitro benzene ring substituents is 1. The molecule has 2 heterocycles. The number of carbonyl (C=O) groups is 2. The molecule has 1 unspecified atom stereocenters. The number of nitrogens with zero attached hydrogens (tertiary/aromatic N) is 3. The van der Waals surface area contributed by atoms with Crippen molar-refractivity contribution in [1.29, 1.82) is 0 Å². The second kappa shape index (κ2) is 8.85. The molecule has 9 heteroatoms. The van der Waals surface area contributed by atoms with E-state index < -0.39 is 4.92 Å². The van der Waals surface area contributed by atoms with Gasteiger partial charge in [-0.1, -0.05) is 38.5 Å². The Balaban J connectivity index is 1.71. The fraction of sp³-hybridized carbons (Fsp3) is 0.450. The van der Waals surface area contributed by atoms with Gasteiger partial charge >= 0.3 is 0 Å². The van der Waals surface area contributed by atoms with Gasteiger partial charge in [0.25, 0.3) is 11.6 Å². The Morgan fingerprint density at radius 3 is 2.86 bits per heavy atom. The van der Waals surface area contributed by atoms with E-state index in [2.05, 4.69) is 29.4 Å². The van der Waals surface area contributed by atoms with Gasteiger partial charge < -0.3 is 10.2 Å². The van der Waals surface area contributed by atoms with Gasteiger partial charge in [-0.3, -0.25) is 24.8 Å². The topological polar surface area (TPSA) is 121 Å². The maximum absolute atomic E-state index is 12.8. The SMILES string of the molecule is CCC(C)CNC(=O)c1n[nH]c2c1CN(C(=O)Cc1ccccc1[N+](=O)[O-])CC2. The first-order valence-electron chi connectivity index (χ1n) is 9.75. The fourth-order valence-electron chi connectivity index (χ4n) is 3.30. The van der Waals surface area contributed by atoms with Crippen LogP contribution in [0.1, 0.15) is 47.6 Å². The van der Waals surface area contributed by atoms with Crippen LogP contribution in [0.15, 0.2) is 24.3 Å². The fourth-order valence-corrected chi connectivity index (χ4v) is 3.30. The summed E-state index contributed by atoms with van der Waals surface area (Å²) in [6, 6.07) is 6.25. The van der Waals surface area contributed by atoms with Gasteiger partial charge in [0, 0.05) is 48.9 Å². The maximum Gasteiger partial charge on any atom is 0.273 e.